The number of allylic oxidation sites excluding steroid dienone is 8. The highest BCUT2D eigenvalue weighted by atomic mass is 14.9. The Morgan fingerprint density at radius 2 is 1.90 bits per heavy atom. The van der Waals surface area contributed by atoms with Crippen molar-refractivity contribution in [1.82, 2.24) is 5.32 Å². The molecule has 0 fully saturated rings. The topological polar surface area (TPSA) is 12.0 Å². The molecule has 2 rings (SSSR count). The van der Waals surface area contributed by atoms with E-state index in [1.807, 2.05) is 0 Å². The molecule has 0 spiro atoms. The lowest BCUT2D eigenvalue weighted by Gasteiger charge is -2.26. The van der Waals surface area contributed by atoms with Gasteiger partial charge in [0.25, 0.3) is 0 Å². The Hall–Kier alpha value is -2.38. The average molecular weight is 388 g/mol. The first-order chi connectivity index (χ1) is 14.0. The first-order valence-electron chi connectivity index (χ1n) is 10.8. The Bertz CT molecular complexity index is 841. The molecule has 1 atom stereocenters. The molecular weight excluding hydrogens is 350 g/mol. The number of benzene rings is 1. The third-order valence-electron chi connectivity index (χ3n) is 5.59. The largest absolute Gasteiger partial charge is 0.302 e. The van der Waals surface area contributed by atoms with Crippen LogP contribution in [0, 0.1) is 6.92 Å². The molecule has 0 bridgehead atoms. The van der Waals surface area contributed by atoms with Crippen LogP contribution < -0.4 is 5.32 Å². The van der Waals surface area contributed by atoms with Gasteiger partial charge in [-0.1, -0.05) is 78.4 Å². The van der Waals surface area contributed by atoms with E-state index in [0.29, 0.717) is 0 Å². The summed E-state index contributed by atoms with van der Waals surface area (Å²) in [7, 11) is 0. The van der Waals surface area contributed by atoms with Gasteiger partial charge in [-0.25, -0.2) is 0 Å². The maximum Gasteiger partial charge on any atom is 0.0539 e. The summed E-state index contributed by atoms with van der Waals surface area (Å²) in [4.78, 5) is 0. The van der Waals surface area contributed by atoms with Gasteiger partial charge in [0.1, 0.15) is 0 Å². The van der Waals surface area contributed by atoms with Crippen LogP contribution in [0.25, 0.3) is 0 Å². The molecule has 1 nitrogen and oxygen atoms in total. The van der Waals surface area contributed by atoms with Crippen LogP contribution in [0.15, 0.2) is 95.2 Å². The Morgan fingerprint density at radius 3 is 2.55 bits per heavy atom. The number of rotatable bonds is 8. The molecule has 0 amide bonds. The molecule has 1 N–H and O–H groups in total. The van der Waals surface area contributed by atoms with E-state index in [9.17, 15) is 0 Å². The van der Waals surface area contributed by atoms with Gasteiger partial charge in [0, 0.05) is 6.54 Å². The molecule has 0 aliphatic heterocycles. The van der Waals surface area contributed by atoms with Crippen LogP contribution in [0.3, 0.4) is 0 Å². The molecule has 0 radical (unpaired) electrons. The average Bonchev–Trinajstić information content (AvgIpc) is 2.93. The Kier molecular flexibility index (Phi) is 9.15. The number of hydrogen-bond donors (Lipinski definition) is 1. The molecule has 1 aliphatic carbocycles. The fourth-order valence-corrected chi connectivity index (χ4v) is 3.84. The second-order valence-electron chi connectivity index (χ2n) is 7.92. The van der Waals surface area contributed by atoms with Crippen molar-refractivity contribution in [3.8, 4) is 0 Å². The van der Waals surface area contributed by atoms with E-state index in [1.54, 1.807) is 0 Å². The highest BCUT2D eigenvalue weighted by molar-refractivity contribution is 5.53. The molecule has 154 valence electrons. The van der Waals surface area contributed by atoms with Gasteiger partial charge in [-0.3, -0.25) is 0 Å². The Morgan fingerprint density at radius 1 is 1.17 bits per heavy atom. The van der Waals surface area contributed by atoms with E-state index in [-0.39, 0.29) is 6.04 Å². The van der Waals surface area contributed by atoms with Crippen molar-refractivity contribution in [1.29, 1.82) is 0 Å². The van der Waals surface area contributed by atoms with Gasteiger partial charge < -0.3 is 5.32 Å². The van der Waals surface area contributed by atoms with Crippen molar-refractivity contribution in [2.24, 2.45) is 0 Å². The molecule has 1 aromatic rings. The first-order valence-corrected chi connectivity index (χ1v) is 10.8. The zero-order chi connectivity index (χ0) is 21.2. The molecule has 1 heteroatoms. The van der Waals surface area contributed by atoms with Crippen molar-refractivity contribution >= 4 is 0 Å². The smallest absolute Gasteiger partial charge is 0.0539 e. The fourth-order valence-electron chi connectivity index (χ4n) is 3.84. The first kappa shape index (κ1) is 22.9. The molecule has 0 saturated carbocycles. The Labute approximate surface area is 178 Å². The fraction of sp³-hybridized carbons (Fsp3) is 0.357. The standard InChI is InChI=1S/C28H37N/c1-7-9-13-23(5)28(29-20-25-18-16-21(3)17-19-25)24(6)26(8-2)27-15-12-10-11-14-22(27)4/h7-9,11,13-14,16-19,28-29H,6,10,12,15,20H2,1-5H3/b9-7-,23-13+,26-8-. The van der Waals surface area contributed by atoms with Crippen LogP contribution in [-0.2, 0) is 6.54 Å². The summed E-state index contributed by atoms with van der Waals surface area (Å²) >= 11 is 0. The quantitative estimate of drug-likeness (QED) is 0.454. The number of hydrogen-bond acceptors (Lipinski definition) is 1. The van der Waals surface area contributed by atoms with Gasteiger partial charge >= 0.3 is 0 Å². The van der Waals surface area contributed by atoms with Crippen molar-refractivity contribution in [2.75, 3.05) is 0 Å². The molecule has 0 aromatic heterocycles. The van der Waals surface area contributed by atoms with Gasteiger partial charge in [0.15, 0.2) is 0 Å². The lowest BCUT2D eigenvalue weighted by Crippen LogP contribution is -2.32. The summed E-state index contributed by atoms with van der Waals surface area (Å²) in [5, 5.41) is 3.77. The summed E-state index contributed by atoms with van der Waals surface area (Å²) in [5.74, 6) is 0. The maximum absolute atomic E-state index is 4.57. The predicted octanol–water partition coefficient (Wildman–Crippen LogP) is 7.53. The summed E-state index contributed by atoms with van der Waals surface area (Å²) in [6, 6.07) is 8.85. The zero-order valence-corrected chi connectivity index (χ0v) is 18.9. The van der Waals surface area contributed by atoms with Crippen LogP contribution in [0.2, 0.25) is 0 Å². The summed E-state index contributed by atoms with van der Waals surface area (Å²) in [6.45, 7) is 16.1. The zero-order valence-electron chi connectivity index (χ0n) is 18.9. The second-order valence-corrected chi connectivity index (χ2v) is 7.92. The number of nitrogens with one attached hydrogen (secondary N) is 1. The van der Waals surface area contributed by atoms with Crippen LogP contribution in [0.1, 0.15) is 58.1 Å². The van der Waals surface area contributed by atoms with E-state index < -0.39 is 0 Å². The second kappa shape index (κ2) is 11.6. The van der Waals surface area contributed by atoms with Crippen LogP contribution in [0.5, 0.6) is 0 Å². The molecule has 0 heterocycles. The third kappa shape index (κ3) is 6.58. The molecule has 29 heavy (non-hydrogen) atoms. The third-order valence-corrected chi connectivity index (χ3v) is 5.59. The number of aryl methyl sites for hydroxylation is 1. The van der Waals surface area contributed by atoms with Gasteiger partial charge in [0.05, 0.1) is 6.04 Å². The summed E-state index contributed by atoms with van der Waals surface area (Å²) in [5.41, 5.74) is 9.12. The normalized spacial score (nSPS) is 17.0. The molecule has 1 aromatic carbocycles. The minimum absolute atomic E-state index is 0.103. The SMILES string of the molecule is C=C(/C(=C/C)C1=C(C)C=CCCC1)C(NCc1ccc(C)cc1)/C(C)=C/C=C\C. The molecule has 1 unspecified atom stereocenters. The predicted molar refractivity (Wildman–Crippen MR) is 129 cm³/mol. The van der Waals surface area contributed by atoms with E-state index in [4.69, 9.17) is 0 Å². The van der Waals surface area contributed by atoms with E-state index in [2.05, 4.69) is 107 Å². The van der Waals surface area contributed by atoms with Crippen molar-refractivity contribution in [3.63, 3.8) is 0 Å². The van der Waals surface area contributed by atoms with Crippen LogP contribution in [0.4, 0.5) is 0 Å². The van der Waals surface area contributed by atoms with E-state index in [1.165, 1.54) is 39.8 Å². The highest BCUT2D eigenvalue weighted by Crippen LogP contribution is 2.32. The van der Waals surface area contributed by atoms with Crippen molar-refractivity contribution in [3.05, 3.63) is 106 Å². The summed E-state index contributed by atoms with van der Waals surface area (Å²) < 4.78 is 0. The maximum atomic E-state index is 4.57. The minimum atomic E-state index is 0.103. The molecule has 0 saturated heterocycles. The summed E-state index contributed by atoms with van der Waals surface area (Å²) in [6.07, 6.45) is 16.6. The van der Waals surface area contributed by atoms with Gasteiger partial charge in [-0.15, -0.1) is 0 Å². The highest BCUT2D eigenvalue weighted by Gasteiger charge is 2.20. The van der Waals surface area contributed by atoms with E-state index >= 15 is 0 Å². The van der Waals surface area contributed by atoms with Gasteiger partial charge in [-0.05, 0) is 81.7 Å². The monoisotopic (exact) mass is 387 g/mol. The Balaban J connectivity index is 2.31. The van der Waals surface area contributed by atoms with Gasteiger partial charge in [0.2, 0.25) is 0 Å². The van der Waals surface area contributed by atoms with Crippen LogP contribution in [-0.4, -0.2) is 6.04 Å². The lowest BCUT2D eigenvalue weighted by molar-refractivity contribution is 0.631. The van der Waals surface area contributed by atoms with E-state index in [0.717, 1.165) is 25.0 Å². The van der Waals surface area contributed by atoms with Gasteiger partial charge in [-0.2, -0.15) is 0 Å². The van der Waals surface area contributed by atoms with Crippen LogP contribution >= 0.6 is 0 Å². The lowest BCUT2D eigenvalue weighted by atomic mass is 9.86. The van der Waals surface area contributed by atoms with Crippen molar-refractivity contribution in [2.45, 2.75) is 66.5 Å². The minimum Gasteiger partial charge on any atom is -0.302 e. The molecule has 1 aliphatic rings. The molecular formula is C28H37N. The van der Waals surface area contributed by atoms with Crippen molar-refractivity contribution < 1.29 is 0 Å².